The van der Waals surface area contributed by atoms with E-state index in [1.807, 2.05) is 0 Å². The first-order valence-electron chi connectivity index (χ1n) is 6.02. The number of hydrogen-bond acceptors (Lipinski definition) is 2. The van der Waals surface area contributed by atoms with Crippen LogP contribution < -0.4 is 5.73 Å². The summed E-state index contributed by atoms with van der Waals surface area (Å²) in [5, 5.41) is 0. The smallest absolute Gasteiger partial charge is 0.339 e. The zero-order chi connectivity index (χ0) is 15.5. The second kappa shape index (κ2) is 6.21. The quantitative estimate of drug-likeness (QED) is 0.867. The van der Waals surface area contributed by atoms with Gasteiger partial charge in [-0.3, -0.25) is 4.79 Å². The fourth-order valence-electron chi connectivity index (χ4n) is 1.69. The average molecular weight is 292 g/mol. The molecule has 112 valence electrons. The fraction of sp³-hybridized carbons (Fsp3) is 0.462. The van der Waals surface area contributed by atoms with Crippen LogP contribution in [-0.2, 0) is 6.18 Å². The van der Waals surface area contributed by atoms with Gasteiger partial charge in [-0.1, -0.05) is 0 Å². The number of rotatable bonds is 4. The summed E-state index contributed by atoms with van der Waals surface area (Å²) in [5.74, 6) is -1.77. The van der Waals surface area contributed by atoms with E-state index in [0.717, 1.165) is 0 Å². The van der Waals surface area contributed by atoms with Gasteiger partial charge in [0.05, 0.1) is 11.1 Å². The zero-order valence-corrected chi connectivity index (χ0v) is 11.2. The number of amides is 1. The molecule has 0 spiro atoms. The lowest BCUT2D eigenvalue weighted by Gasteiger charge is -2.25. The minimum Gasteiger partial charge on any atom is -0.339 e. The lowest BCUT2D eigenvalue weighted by Crippen LogP contribution is -2.37. The van der Waals surface area contributed by atoms with Gasteiger partial charge >= 0.3 is 6.18 Å². The summed E-state index contributed by atoms with van der Waals surface area (Å²) >= 11 is 0. The highest BCUT2D eigenvalue weighted by atomic mass is 19.4. The van der Waals surface area contributed by atoms with Crippen LogP contribution in [0.2, 0.25) is 0 Å². The van der Waals surface area contributed by atoms with Gasteiger partial charge in [0.1, 0.15) is 5.82 Å². The van der Waals surface area contributed by atoms with E-state index in [2.05, 4.69) is 0 Å². The normalized spacial score (nSPS) is 13.2. The molecule has 0 aliphatic heterocycles. The van der Waals surface area contributed by atoms with Crippen molar-refractivity contribution >= 4 is 5.91 Å². The molecule has 0 heterocycles. The topological polar surface area (TPSA) is 46.3 Å². The molecule has 2 N–H and O–H groups in total. The molecule has 0 saturated carbocycles. The Bertz CT molecular complexity index is 488. The van der Waals surface area contributed by atoms with E-state index in [1.165, 1.54) is 11.9 Å². The predicted octanol–water partition coefficient (Wildman–Crippen LogP) is 2.65. The van der Waals surface area contributed by atoms with Gasteiger partial charge in [-0.25, -0.2) is 4.39 Å². The third-order valence-electron chi connectivity index (χ3n) is 3.09. The molecule has 1 rings (SSSR count). The molecule has 3 nitrogen and oxygen atoms in total. The number of alkyl halides is 3. The summed E-state index contributed by atoms with van der Waals surface area (Å²) < 4.78 is 51.3. The van der Waals surface area contributed by atoms with Gasteiger partial charge < -0.3 is 10.6 Å². The number of nitrogens with two attached hydrogens (primary N) is 1. The van der Waals surface area contributed by atoms with Crippen molar-refractivity contribution in [1.82, 2.24) is 4.90 Å². The second-order valence-electron chi connectivity index (χ2n) is 4.53. The molecule has 0 radical (unpaired) electrons. The van der Waals surface area contributed by atoms with Gasteiger partial charge in [-0.15, -0.1) is 0 Å². The van der Waals surface area contributed by atoms with Crippen molar-refractivity contribution in [1.29, 1.82) is 0 Å². The van der Waals surface area contributed by atoms with E-state index in [-0.39, 0.29) is 6.04 Å². The molecule has 1 amide bonds. The first-order valence-corrected chi connectivity index (χ1v) is 6.02. The van der Waals surface area contributed by atoms with Crippen molar-refractivity contribution in [2.45, 2.75) is 25.6 Å². The van der Waals surface area contributed by atoms with Crippen molar-refractivity contribution in [2.24, 2.45) is 5.73 Å². The van der Waals surface area contributed by atoms with Gasteiger partial charge in [-0.2, -0.15) is 13.2 Å². The van der Waals surface area contributed by atoms with Crippen molar-refractivity contribution in [3.05, 3.63) is 35.1 Å². The standard InChI is InChI=1S/C13H16F4N2O/c1-8(5-6-18)19(2)12(20)10-7-9(13(15,16)17)3-4-11(10)14/h3-4,7-8H,5-6,18H2,1-2H3. The molecule has 0 bridgehead atoms. The number of halogens is 4. The number of carbonyl (C=O) groups is 1. The van der Waals surface area contributed by atoms with Crippen LogP contribution in [0.4, 0.5) is 17.6 Å². The maximum atomic E-state index is 13.6. The second-order valence-corrected chi connectivity index (χ2v) is 4.53. The Kier molecular flexibility index (Phi) is 5.10. The molecule has 0 aliphatic carbocycles. The first-order chi connectivity index (χ1) is 9.18. The molecule has 0 saturated heterocycles. The van der Waals surface area contributed by atoms with Crippen molar-refractivity contribution in [3.8, 4) is 0 Å². The van der Waals surface area contributed by atoms with Crippen LogP contribution in [0.3, 0.4) is 0 Å². The Labute approximate surface area is 114 Å². The maximum absolute atomic E-state index is 13.6. The van der Waals surface area contributed by atoms with Gasteiger partial charge in [0.2, 0.25) is 0 Å². The van der Waals surface area contributed by atoms with E-state index in [0.29, 0.717) is 31.2 Å². The highest BCUT2D eigenvalue weighted by Gasteiger charge is 2.32. The molecule has 1 unspecified atom stereocenters. The van der Waals surface area contributed by atoms with Crippen LogP contribution in [0.1, 0.15) is 29.3 Å². The lowest BCUT2D eigenvalue weighted by molar-refractivity contribution is -0.137. The van der Waals surface area contributed by atoms with E-state index < -0.39 is 29.0 Å². The van der Waals surface area contributed by atoms with E-state index in [9.17, 15) is 22.4 Å². The Morgan fingerprint density at radius 2 is 2.00 bits per heavy atom. The lowest BCUT2D eigenvalue weighted by atomic mass is 10.1. The molecule has 0 fully saturated rings. The molecule has 0 aliphatic rings. The zero-order valence-electron chi connectivity index (χ0n) is 11.2. The SMILES string of the molecule is CC(CCN)N(C)C(=O)c1cc(C(F)(F)F)ccc1F. The summed E-state index contributed by atoms with van der Waals surface area (Å²) in [6, 6.07) is 1.50. The van der Waals surface area contributed by atoms with Gasteiger partial charge in [-0.05, 0) is 38.1 Å². The van der Waals surface area contributed by atoms with Crippen LogP contribution in [0, 0.1) is 5.82 Å². The maximum Gasteiger partial charge on any atom is 0.416 e. The Morgan fingerprint density at radius 3 is 2.50 bits per heavy atom. The van der Waals surface area contributed by atoms with Crippen LogP contribution in [-0.4, -0.2) is 30.4 Å². The molecule has 7 heteroatoms. The van der Waals surface area contributed by atoms with E-state index in [1.54, 1.807) is 6.92 Å². The first kappa shape index (κ1) is 16.4. The highest BCUT2D eigenvalue weighted by molar-refractivity contribution is 5.94. The van der Waals surface area contributed by atoms with Crippen molar-refractivity contribution in [3.63, 3.8) is 0 Å². The number of hydrogen-bond donors (Lipinski definition) is 1. The summed E-state index contributed by atoms with van der Waals surface area (Å²) in [4.78, 5) is 13.2. The Hall–Kier alpha value is -1.63. The molecular weight excluding hydrogens is 276 g/mol. The van der Waals surface area contributed by atoms with E-state index in [4.69, 9.17) is 5.73 Å². The van der Waals surface area contributed by atoms with Crippen LogP contribution in [0.25, 0.3) is 0 Å². The summed E-state index contributed by atoms with van der Waals surface area (Å²) in [6.45, 7) is 2.01. The van der Waals surface area contributed by atoms with E-state index >= 15 is 0 Å². The molecule has 20 heavy (non-hydrogen) atoms. The van der Waals surface area contributed by atoms with Crippen LogP contribution in [0.5, 0.6) is 0 Å². The van der Waals surface area contributed by atoms with Gasteiger partial charge in [0, 0.05) is 13.1 Å². The van der Waals surface area contributed by atoms with Crippen molar-refractivity contribution in [2.75, 3.05) is 13.6 Å². The Morgan fingerprint density at radius 1 is 1.40 bits per heavy atom. The van der Waals surface area contributed by atoms with Crippen LogP contribution >= 0.6 is 0 Å². The van der Waals surface area contributed by atoms with Gasteiger partial charge in [0.15, 0.2) is 0 Å². The predicted molar refractivity (Wildman–Crippen MR) is 66.6 cm³/mol. The molecule has 1 aromatic rings. The largest absolute Gasteiger partial charge is 0.416 e. The molecule has 1 atom stereocenters. The third-order valence-corrected chi connectivity index (χ3v) is 3.09. The monoisotopic (exact) mass is 292 g/mol. The average Bonchev–Trinajstić information content (AvgIpc) is 2.36. The third kappa shape index (κ3) is 3.69. The molecular formula is C13H16F4N2O. The minimum atomic E-state index is -4.62. The van der Waals surface area contributed by atoms with Crippen LogP contribution in [0.15, 0.2) is 18.2 Å². The van der Waals surface area contributed by atoms with Crippen molar-refractivity contribution < 1.29 is 22.4 Å². The number of benzene rings is 1. The summed E-state index contributed by atoms with van der Waals surface area (Å²) in [6.07, 6.45) is -4.15. The summed E-state index contributed by atoms with van der Waals surface area (Å²) in [5.41, 5.74) is 3.71. The highest BCUT2D eigenvalue weighted by Crippen LogP contribution is 2.30. The summed E-state index contributed by atoms with van der Waals surface area (Å²) in [7, 11) is 1.41. The van der Waals surface area contributed by atoms with Gasteiger partial charge in [0.25, 0.3) is 5.91 Å². The molecule has 1 aromatic carbocycles. The molecule has 0 aromatic heterocycles. The fourth-order valence-corrected chi connectivity index (χ4v) is 1.69. The Balaban J connectivity index is 3.09. The minimum absolute atomic E-state index is 0.290. The number of nitrogens with zero attached hydrogens (tertiary/aromatic N) is 1. The number of carbonyl (C=O) groups excluding carboxylic acids is 1.